The van der Waals surface area contributed by atoms with Crippen molar-refractivity contribution < 1.29 is 9.18 Å². The van der Waals surface area contributed by atoms with Gasteiger partial charge >= 0.3 is 0 Å². The fraction of sp³-hybridized carbons (Fsp3) is 0.381. The highest BCUT2D eigenvalue weighted by Crippen LogP contribution is 2.41. The highest BCUT2D eigenvalue weighted by Gasteiger charge is 2.36. The predicted molar refractivity (Wildman–Crippen MR) is 98.9 cm³/mol. The lowest BCUT2D eigenvalue weighted by Gasteiger charge is -2.40. The molecule has 3 N–H and O–H groups in total. The van der Waals surface area contributed by atoms with Crippen molar-refractivity contribution in [3.8, 4) is 0 Å². The van der Waals surface area contributed by atoms with Gasteiger partial charge in [-0.1, -0.05) is 43.3 Å². The number of carbonyl (C=O) groups is 1. The minimum atomic E-state index is -0.580. The van der Waals surface area contributed by atoms with E-state index in [2.05, 4.69) is 24.4 Å². The quantitative estimate of drug-likeness (QED) is 0.816. The molecule has 0 unspecified atom stereocenters. The van der Waals surface area contributed by atoms with Gasteiger partial charge in [0.25, 0.3) is 5.91 Å². The third kappa shape index (κ3) is 3.68. The molecule has 1 saturated carbocycles. The predicted octanol–water partition coefficient (Wildman–Crippen LogP) is 4.29. The Morgan fingerprint density at radius 2 is 1.84 bits per heavy atom. The molecule has 2 aromatic rings. The molecule has 0 saturated heterocycles. The van der Waals surface area contributed by atoms with Crippen LogP contribution in [0.3, 0.4) is 0 Å². The van der Waals surface area contributed by atoms with E-state index < -0.39 is 11.7 Å². The molecule has 0 aliphatic heterocycles. The topological polar surface area (TPSA) is 55.1 Å². The molecule has 0 bridgehead atoms. The maximum absolute atomic E-state index is 14.0. The van der Waals surface area contributed by atoms with Gasteiger partial charge in [-0.25, -0.2) is 4.39 Å². The van der Waals surface area contributed by atoms with Crippen LogP contribution >= 0.6 is 0 Å². The molecule has 25 heavy (non-hydrogen) atoms. The van der Waals surface area contributed by atoms with Crippen LogP contribution in [0.4, 0.5) is 10.1 Å². The molecule has 132 valence electrons. The van der Waals surface area contributed by atoms with E-state index in [-0.39, 0.29) is 16.7 Å². The van der Waals surface area contributed by atoms with Gasteiger partial charge in [0.15, 0.2) is 0 Å². The summed E-state index contributed by atoms with van der Waals surface area (Å²) in [5, 5.41) is 2.95. The van der Waals surface area contributed by atoms with Crippen molar-refractivity contribution in [3.05, 3.63) is 65.5 Å². The number of nitrogen functional groups attached to an aromatic ring is 1. The zero-order valence-corrected chi connectivity index (χ0v) is 14.6. The van der Waals surface area contributed by atoms with E-state index in [1.807, 2.05) is 18.2 Å². The average Bonchev–Trinajstić information content (AvgIpc) is 2.62. The maximum atomic E-state index is 14.0. The second-order valence-electron chi connectivity index (χ2n) is 7.22. The molecule has 0 spiro atoms. The Labute approximate surface area is 148 Å². The van der Waals surface area contributed by atoms with Gasteiger partial charge < -0.3 is 11.1 Å². The van der Waals surface area contributed by atoms with Gasteiger partial charge in [-0.15, -0.1) is 0 Å². The summed E-state index contributed by atoms with van der Waals surface area (Å²) in [5.41, 5.74) is 7.05. The van der Waals surface area contributed by atoms with Crippen LogP contribution in [0.1, 0.15) is 48.5 Å². The van der Waals surface area contributed by atoms with Gasteiger partial charge in [-0.05, 0) is 49.3 Å². The number of anilines is 1. The third-order valence-electron chi connectivity index (χ3n) is 5.48. The summed E-state index contributed by atoms with van der Waals surface area (Å²) >= 11 is 0. The SMILES string of the molecule is CC1CCC(CNC(=O)c2c(N)cccc2F)(c2ccccc2)CC1. The van der Waals surface area contributed by atoms with E-state index in [0.29, 0.717) is 12.5 Å². The number of nitrogens with two attached hydrogens (primary N) is 1. The van der Waals surface area contributed by atoms with Crippen LogP contribution in [0.15, 0.2) is 48.5 Å². The molecule has 0 aromatic heterocycles. The minimum Gasteiger partial charge on any atom is -0.398 e. The Hall–Kier alpha value is -2.36. The number of benzene rings is 2. The van der Waals surface area contributed by atoms with Crippen LogP contribution in [0, 0.1) is 11.7 Å². The largest absolute Gasteiger partial charge is 0.398 e. The number of halogens is 1. The van der Waals surface area contributed by atoms with Crippen LogP contribution in [0.25, 0.3) is 0 Å². The zero-order valence-electron chi connectivity index (χ0n) is 14.6. The van der Waals surface area contributed by atoms with Gasteiger partial charge in [0.1, 0.15) is 5.82 Å². The molecule has 0 heterocycles. The van der Waals surface area contributed by atoms with E-state index in [1.165, 1.54) is 17.7 Å². The standard InChI is InChI=1S/C21H25FN2O/c1-15-10-12-21(13-11-15,16-6-3-2-4-7-16)14-24-20(25)19-17(22)8-5-9-18(19)23/h2-9,15H,10-14,23H2,1H3,(H,24,25). The summed E-state index contributed by atoms with van der Waals surface area (Å²) < 4.78 is 14.0. The van der Waals surface area contributed by atoms with Gasteiger partial charge in [0.05, 0.1) is 5.56 Å². The normalized spacial score (nSPS) is 23.2. The number of nitrogens with one attached hydrogen (secondary N) is 1. The number of rotatable bonds is 4. The molecule has 0 radical (unpaired) electrons. The smallest absolute Gasteiger partial charge is 0.256 e. The van der Waals surface area contributed by atoms with Crippen LogP contribution < -0.4 is 11.1 Å². The first-order chi connectivity index (χ1) is 12.0. The van der Waals surface area contributed by atoms with Crippen LogP contribution in [0.5, 0.6) is 0 Å². The van der Waals surface area contributed by atoms with Crippen molar-refractivity contribution in [2.75, 3.05) is 12.3 Å². The molecule has 4 heteroatoms. The molecule has 2 aromatic carbocycles. The maximum Gasteiger partial charge on any atom is 0.256 e. The van der Waals surface area contributed by atoms with E-state index in [1.54, 1.807) is 6.07 Å². The fourth-order valence-electron chi connectivity index (χ4n) is 3.79. The van der Waals surface area contributed by atoms with Crippen molar-refractivity contribution in [3.63, 3.8) is 0 Å². The highest BCUT2D eigenvalue weighted by atomic mass is 19.1. The Bertz CT molecular complexity index is 717. The van der Waals surface area contributed by atoms with Gasteiger partial charge in [0, 0.05) is 17.6 Å². The summed E-state index contributed by atoms with van der Waals surface area (Å²) in [6.45, 7) is 2.77. The lowest BCUT2D eigenvalue weighted by atomic mass is 9.67. The van der Waals surface area contributed by atoms with E-state index in [0.717, 1.165) is 25.7 Å². The molecule has 1 amide bonds. The Kier molecular flexibility index (Phi) is 5.07. The first-order valence-corrected chi connectivity index (χ1v) is 8.89. The summed E-state index contributed by atoms with van der Waals surface area (Å²) in [5.74, 6) is -0.317. The number of hydrogen-bond acceptors (Lipinski definition) is 2. The second kappa shape index (κ2) is 7.26. The molecule has 1 fully saturated rings. The number of carbonyl (C=O) groups excluding carboxylic acids is 1. The van der Waals surface area contributed by atoms with Crippen molar-refractivity contribution >= 4 is 11.6 Å². The summed E-state index contributed by atoms with van der Waals surface area (Å²) in [7, 11) is 0. The van der Waals surface area contributed by atoms with E-state index >= 15 is 0 Å². The molecular weight excluding hydrogens is 315 g/mol. The number of amides is 1. The fourth-order valence-corrected chi connectivity index (χ4v) is 3.79. The molecular formula is C21H25FN2O. The molecule has 1 aliphatic rings. The van der Waals surface area contributed by atoms with Crippen molar-refractivity contribution in [1.82, 2.24) is 5.32 Å². The summed E-state index contributed by atoms with van der Waals surface area (Å²) in [6.07, 6.45) is 4.30. The molecule has 1 aliphatic carbocycles. The average molecular weight is 340 g/mol. The zero-order chi connectivity index (χ0) is 17.9. The Balaban J connectivity index is 1.81. The monoisotopic (exact) mass is 340 g/mol. The molecule has 3 nitrogen and oxygen atoms in total. The molecule has 0 atom stereocenters. The van der Waals surface area contributed by atoms with Crippen molar-refractivity contribution in [2.45, 2.75) is 38.0 Å². The van der Waals surface area contributed by atoms with Gasteiger partial charge in [0.2, 0.25) is 0 Å². The minimum absolute atomic E-state index is 0.0603. The van der Waals surface area contributed by atoms with Gasteiger partial charge in [-0.3, -0.25) is 4.79 Å². The van der Waals surface area contributed by atoms with Crippen LogP contribution in [-0.2, 0) is 5.41 Å². The Morgan fingerprint density at radius 3 is 2.48 bits per heavy atom. The van der Waals surface area contributed by atoms with Crippen molar-refractivity contribution in [2.24, 2.45) is 5.92 Å². The molecule has 3 rings (SSSR count). The number of hydrogen-bond donors (Lipinski definition) is 2. The highest BCUT2D eigenvalue weighted by molar-refractivity contribution is 5.99. The van der Waals surface area contributed by atoms with Crippen LogP contribution in [-0.4, -0.2) is 12.5 Å². The lowest BCUT2D eigenvalue weighted by Crippen LogP contribution is -2.43. The van der Waals surface area contributed by atoms with Crippen LogP contribution in [0.2, 0.25) is 0 Å². The van der Waals surface area contributed by atoms with Gasteiger partial charge in [-0.2, -0.15) is 0 Å². The van der Waals surface area contributed by atoms with E-state index in [4.69, 9.17) is 5.73 Å². The summed E-state index contributed by atoms with van der Waals surface area (Å²) in [4.78, 5) is 12.5. The lowest BCUT2D eigenvalue weighted by molar-refractivity contribution is 0.0930. The van der Waals surface area contributed by atoms with Crippen molar-refractivity contribution in [1.29, 1.82) is 0 Å². The first-order valence-electron chi connectivity index (χ1n) is 8.89. The first kappa shape index (κ1) is 17.5. The van der Waals surface area contributed by atoms with E-state index in [9.17, 15) is 9.18 Å². The summed E-state index contributed by atoms with van der Waals surface area (Å²) in [6, 6.07) is 14.6. The Morgan fingerprint density at radius 1 is 1.16 bits per heavy atom. The third-order valence-corrected chi connectivity index (χ3v) is 5.48. The second-order valence-corrected chi connectivity index (χ2v) is 7.22.